The number of pyridine rings is 2. The summed E-state index contributed by atoms with van der Waals surface area (Å²) in [4.78, 5) is 33.8. The molecular formula is C21H23N3O3. The van der Waals surface area contributed by atoms with Gasteiger partial charge in [0.15, 0.2) is 0 Å². The maximum Gasteiger partial charge on any atom is 0.252 e. The molecule has 3 aromatic rings. The number of para-hydroxylation sites is 1. The van der Waals surface area contributed by atoms with E-state index in [4.69, 9.17) is 4.74 Å². The van der Waals surface area contributed by atoms with E-state index in [1.54, 1.807) is 31.3 Å². The number of fused-ring (bicyclic) bond motifs is 1. The monoisotopic (exact) mass is 365 g/mol. The van der Waals surface area contributed by atoms with E-state index in [2.05, 4.69) is 9.97 Å². The van der Waals surface area contributed by atoms with E-state index in [1.165, 1.54) is 0 Å². The van der Waals surface area contributed by atoms with Crippen LogP contribution in [0.2, 0.25) is 0 Å². The van der Waals surface area contributed by atoms with Gasteiger partial charge in [0.25, 0.3) is 5.56 Å². The van der Waals surface area contributed by atoms with Gasteiger partial charge < -0.3 is 14.6 Å². The third kappa shape index (κ3) is 3.84. The molecular weight excluding hydrogens is 342 g/mol. The Balaban J connectivity index is 1.79. The largest absolute Gasteiger partial charge is 0.496 e. The summed E-state index contributed by atoms with van der Waals surface area (Å²) in [6.45, 7) is 4.22. The average molecular weight is 365 g/mol. The standard InChI is InChI=1S/C21H23N3O3/c1-13-11-22-18(14(2)20(13)27-4)12-24(3)19(25)10-16-9-15-7-5-6-8-17(15)23-21(16)26/h5-9,11H,10,12H2,1-4H3,(H,23,26). The zero-order chi connectivity index (χ0) is 19.6. The number of rotatable bonds is 5. The molecule has 0 unspecified atom stereocenters. The normalized spacial score (nSPS) is 10.8. The van der Waals surface area contributed by atoms with E-state index >= 15 is 0 Å². The second-order valence-corrected chi connectivity index (χ2v) is 6.68. The summed E-state index contributed by atoms with van der Waals surface area (Å²) in [5.41, 5.74) is 3.63. The summed E-state index contributed by atoms with van der Waals surface area (Å²) in [6, 6.07) is 9.29. The van der Waals surface area contributed by atoms with Gasteiger partial charge in [0.2, 0.25) is 5.91 Å². The van der Waals surface area contributed by atoms with Crippen molar-refractivity contribution in [2.75, 3.05) is 14.2 Å². The third-order valence-corrected chi connectivity index (χ3v) is 4.73. The van der Waals surface area contributed by atoms with E-state index in [0.29, 0.717) is 12.1 Å². The molecule has 0 aliphatic heterocycles. The molecule has 27 heavy (non-hydrogen) atoms. The Morgan fingerprint density at radius 2 is 2.00 bits per heavy atom. The molecule has 0 bridgehead atoms. The van der Waals surface area contributed by atoms with Gasteiger partial charge in [0.05, 0.1) is 25.8 Å². The molecule has 0 aliphatic carbocycles. The molecule has 0 saturated heterocycles. The van der Waals surface area contributed by atoms with Crippen LogP contribution in [0.25, 0.3) is 10.9 Å². The lowest BCUT2D eigenvalue weighted by molar-refractivity contribution is -0.129. The number of likely N-dealkylation sites (N-methyl/N-ethyl adjacent to an activating group) is 1. The number of hydrogen-bond donors (Lipinski definition) is 1. The number of carbonyl (C=O) groups is 1. The van der Waals surface area contributed by atoms with Crippen LogP contribution in [0.1, 0.15) is 22.4 Å². The first-order valence-electron chi connectivity index (χ1n) is 8.74. The zero-order valence-corrected chi connectivity index (χ0v) is 16.0. The highest BCUT2D eigenvalue weighted by Gasteiger charge is 2.16. The predicted molar refractivity (Wildman–Crippen MR) is 105 cm³/mol. The number of carbonyl (C=O) groups excluding carboxylic acids is 1. The number of ether oxygens (including phenoxy) is 1. The highest BCUT2D eigenvalue weighted by molar-refractivity contribution is 5.82. The van der Waals surface area contributed by atoms with E-state index in [9.17, 15) is 9.59 Å². The van der Waals surface area contributed by atoms with Crippen LogP contribution < -0.4 is 10.3 Å². The fraction of sp³-hybridized carbons (Fsp3) is 0.286. The lowest BCUT2D eigenvalue weighted by atomic mass is 10.1. The lowest BCUT2D eigenvalue weighted by Crippen LogP contribution is -2.30. The number of H-pyrrole nitrogens is 1. The highest BCUT2D eigenvalue weighted by atomic mass is 16.5. The summed E-state index contributed by atoms with van der Waals surface area (Å²) in [5.74, 6) is 0.642. The minimum atomic E-state index is -0.234. The molecule has 1 aromatic carbocycles. The maximum absolute atomic E-state index is 12.7. The number of nitrogens with one attached hydrogen (secondary N) is 1. The minimum Gasteiger partial charge on any atom is -0.496 e. The Labute approximate surface area is 157 Å². The molecule has 6 nitrogen and oxygen atoms in total. The Kier molecular flexibility index (Phi) is 5.26. The molecule has 0 spiro atoms. The van der Waals surface area contributed by atoms with E-state index in [0.717, 1.165) is 33.5 Å². The van der Waals surface area contributed by atoms with Gasteiger partial charge >= 0.3 is 0 Å². The predicted octanol–water partition coefficient (Wildman–Crippen LogP) is 2.75. The van der Waals surface area contributed by atoms with Crippen molar-refractivity contribution in [2.45, 2.75) is 26.8 Å². The number of hydrogen-bond acceptors (Lipinski definition) is 4. The van der Waals surface area contributed by atoms with Crippen LogP contribution in [0.15, 0.2) is 41.3 Å². The first-order valence-corrected chi connectivity index (χ1v) is 8.74. The fourth-order valence-electron chi connectivity index (χ4n) is 3.17. The molecule has 1 amide bonds. The van der Waals surface area contributed by atoms with Crippen LogP contribution in [-0.2, 0) is 17.8 Å². The zero-order valence-electron chi connectivity index (χ0n) is 16.0. The number of amides is 1. The first-order chi connectivity index (χ1) is 12.9. The number of methoxy groups -OCH3 is 1. The van der Waals surface area contributed by atoms with Crippen molar-refractivity contribution in [1.29, 1.82) is 0 Å². The maximum atomic E-state index is 12.7. The SMILES string of the molecule is COc1c(C)cnc(CN(C)C(=O)Cc2cc3ccccc3[nH]c2=O)c1C. The molecule has 0 atom stereocenters. The molecule has 0 aliphatic rings. The van der Waals surface area contributed by atoms with Crippen molar-refractivity contribution in [3.05, 3.63) is 69.3 Å². The van der Waals surface area contributed by atoms with Crippen LogP contribution in [-0.4, -0.2) is 34.9 Å². The molecule has 3 rings (SSSR count). The average Bonchev–Trinajstić information content (AvgIpc) is 2.65. The van der Waals surface area contributed by atoms with Gasteiger partial charge in [-0.25, -0.2) is 0 Å². The molecule has 140 valence electrons. The number of aromatic amines is 1. The first kappa shape index (κ1) is 18.6. The molecule has 2 aromatic heterocycles. The Morgan fingerprint density at radius 3 is 2.74 bits per heavy atom. The van der Waals surface area contributed by atoms with Crippen LogP contribution in [0.5, 0.6) is 5.75 Å². The van der Waals surface area contributed by atoms with Crippen LogP contribution >= 0.6 is 0 Å². The summed E-state index contributed by atoms with van der Waals surface area (Å²) in [6.07, 6.45) is 1.78. The number of benzene rings is 1. The fourth-order valence-corrected chi connectivity index (χ4v) is 3.17. The molecule has 6 heteroatoms. The lowest BCUT2D eigenvalue weighted by Gasteiger charge is -2.19. The van der Waals surface area contributed by atoms with Gasteiger partial charge in [0, 0.05) is 35.5 Å². The quantitative estimate of drug-likeness (QED) is 0.754. The molecule has 0 saturated carbocycles. The Morgan fingerprint density at radius 1 is 1.26 bits per heavy atom. The molecule has 2 heterocycles. The molecule has 0 radical (unpaired) electrons. The van der Waals surface area contributed by atoms with Crippen molar-refractivity contribution >= 4 is 16.8 Å². The van der Waals surface area contributed by atoms with E-state index < -0.39 is 0 Å². The second kappa shape index (κ2) is 7.61. The van der Waals surface area contributed by atoms with Crippen LogP contribution in [0.4, 0.5) is 0 Å². The highest BCUT2D eigenvalue weighted by Crippen LogP contribution is 2.24. The van der Waals surface area contributed by atoms with E-state index in [1.807, 2.05) is 38.1 Å². The summed E-state index contributed by atoms with van der Waals surface area (Å²) in [7, 11) is 3.34. The summed E-state index contributed by atoms with van der Waals surface area (Å²) in [5, 5.41) is 0.906. The van der Waals surface area contributed by atoms with Crippen molar-refractivity contribution < 1.29 is 9.53 Å². The van der Waals surface area contributed by atoms with E-state index in [-0.39, 0.29) is 17.9 Å². The van der Waals surface area contributed by atoms with Crippen molar-refractivity contribution in [1.82, 2.24) is 14.9 Å². The van der Waals surface area contributed by atoms with Crippen molar-refractivity contribution in [3.63, 3.8) is 0 Å². The van der Waals surface area contributed by atoms with Crippen molar-refractivity contribution in [2.24, 2.45) is 0 Å². The number of aryl methyl sites for hydroxylation is 1. The molecule has 0 fully saturated rings. The summed E-state index contributed by atoms with van der Waals surface area (Å²) >= 11 is 0. The van der Waals surface area contributed by atoms with Crippen LogP contribution in [0, 0.1) is 13.8 Å². The number of nitrogens with zero attached hydrogens (tertiary/aromatic N) is 2. The topological polar surface area (TPSA) is 75.3 Å². The summed E-state index contributed by atoms with van der Waals surface area (Å²) < 4.78 is 5.42. The number of aromatic nitrogens is 2. The minimum absolute atomic E-state index is 0.0404. The van der Waals surface area contributed by atoms with Gasteiger partial charge in [-0.05, 0) is 31.4 Å². The second-order valence-electron chi connectivity index (χ2n) is 6.68. The molecule has 1 N–H and O–H groups in total. The van der Waals surface area contributed by atoms with Gasteiger partial charge in [0.1, 0.15) is 5.75 Å². The van der Waals surface area contributed by atoms with Crippen LogP contribution in [0.3, 0.4) is 0 Å². The smallest absolute Gasteiger partial charge is 0.252 e. The third-order valence-electron chi connectivity index (χ3n) is 4.73. The Hall–Kier alpha value is -3.15. The van der Waals surface area contributed by atoms with Gasteiger partial charge in [-0.1, -0.05) is 18.2 Å². The van der Waals surface area contributed by atoms with Gasteiger partial charge in [-0.3, -0.25) is 14.6 Å². The van der Waals surface area contributed by atoms with Gasteiger partial charge in [-0.2, -0.15) is 0 Å². The van der Waals surface area contributed by atoms with Crippen molar-refractivity contribution in [3.8, 4) is 5.75 Å². The van der Waals surface area contributed by atoms with Gasteiger partial charge in [-0.15, -0.1) is 0 Å². The Bertz CT molecular complexity index is 1060.